The van der Waals surface area contributed by atoms with Crippen LogP contribution in [0.2, 0.25) is 0 Å². The van der Waals surface area contributed by atoms with Crippen LogP contribution in [0.1, 0.15) is 36.5 Å². The van der Waals surface area contributed by atoms with Crippen LogP contribution in [0.25, 0.3) is 0 Å². The van der Waals surface area contributed by atoms with Crippen LogP contribution < -0.4 is 5.32 Å². The van der Waals surface area contributed by atoms with Gasteiger partial charge in [0.05, 0.1) is 12.2 Å². The summed E-state index contributed by atoms with van der Waals surface area (Å²) in [5.74, 6) is 3.62. The largest absolute Gasteiger partial charge is 0.464 e. The lowest BCUT2D eigenvalue weighted by Gasteiger charge is -2.01. The Kier molecular flexibility index (Phi) is 3.15. The highest BCUT2D eigenvalue weighted by Gasteiger charge is 2.36. The van der Waals surface area contributed by atoms with E-state index >= 15 is 0 Å². The van der Waals surface area contributed by atoms with Gasteiger partial charge in [-0.1, -0.05) is 13.0 Å². The van der Waals surface area contributed by atoms with E-state index in [4.69, 9.17) is 4.42 Å². The van der Waals surface area contributed by atoms with Gasteiger partial charge in [0.25, 0.3) is 0 Å². The van der Waals surface area contributed by atoms with E-state index < -0.39 is 0 Å². The second-order valence-electron chi connectivity index (χ2n) is 5.05. The molecule has 3 heteroatoms. The molecule has 0 bridgehead atoms. The Hall–Kier alpha value is -1.61. The summed E-state index contributed by atoms with van der Waals surface area (Å²) in [5.41, 5.74) is 1.06. The minimum Gasteiger partial charge on any atom is -0.464 e. The molecule has 1 fully saturated rings. The lowest BCUT2D eigenvalue weighted by atomic mass is 10.3. The zero-order chi connectivity index (χ0) is 12.4. The summed E-state index contributed by atoms with van der Waals surface area (Å²) in [5, 5.41) is 3.35. The average Bonchev–Trinajstić information content (AvgIpc) is 2.94. The van der Waals surface area contributed by atoms with E-state index in [0.29, 0.717) is 5.92 Å². The molecule has 94 valence electrons. The first-order valence-corrected chi connectivity index (χ1v) is 6.52. The molecule has 0 radical (unpaired) electrons. The van der Waals surface area contributed by atoms with Crippen molar-refractivity contribution in [3.05, 3.63) is 53.7 Å². The van der Waals surface area contributed by atoms with Crippen molar-refractivity contribution in [2.75, 3.05) is 0 Å². The van der Waals surface area contributed by atoms with Crippen LogP contribution in [0, 0.1) is 5.92 Å². The van der Waals surface area contributed by atoms with Crippen LogP contribution in [0.5, 0.6) is 0 Å². The van der Waals surface area contributed by atoms with E-state index in [0.717, 1.165) is 36.2 Å². The smallest absolute Gasteiger partial charge is 0.117 e. The summed E-state index contributed by atoms with van der Waals surface area (Å²) in [7, 11) is 0. The molecular weight excluding hydrogens is 224 g/mol. The molecule has 3 nitrogen and oxygen atoms in total. The van der Waals surface area contributed by atoms with E-state index in [1.54, 1.807) is 0 Å². The van der Waals surface area contributed by atoms with Crippen molar-refractivity contribution in [3.63, 3.8) is 0 Å². The number of hydrogen-bond donors (Lipinski definition) is 1. The molecule has 0 unspecified atom stereocenters. The van der Waals surface area contributed by atoms with Gasteiger partial charge in [0, 0.05) is 18.7 Å². The van der Waals surface area contributed by atoms with Crippen molar-refractivity contribution in [1.82, 2.24) is 10.3 Å². The average molecular weight is 242 g/mol. The molecule has 1 N–H and O–H groups in total. The fourth-order valence-corrected chi connectivity index (χ4v) is 2.22. The van der Waals surface area contributed by atoms with E-state index in [2.05, 4.69) is 29.4 Å². The Morgan fingerprint density at radius 3 is 2.89 bits per heavy atom. The highest BCUT2D eigenvalue weighted by molar-refractivity contribution is 5.17. The standard InChI is InChI=1S/C15H18N2O/c1-11-8-14(11)15-6-5-13(18-15)10-16-9-12-4-2-3-7-17-12/h2-7,11,14,16H,8-10H2,1H3/t11-,14+/m1/s1. The van der Waals surface area contributed by atoms with Crippen LogP contribution in [0.15, 0.2) is 40.9 Å². The van der Waals surface area contributed by atoms with Crippen LogP contribution in [0.4, 0.5) is 0 Å². The van der Waals surface area contributed by atoms with Gasteiger partial charge in [-0.05, 0) is 36.6 Å². The lowest BCUT2D eigenvalue weighted by Crippen LogP contribution is -2.12. The minimum absolute atomic E-state index is 0.662. The first-order valence-electron chi connectivity index (χ1n) is 6.52. The van der Waals surface area contributed by atoms with Gasteiger partial charge in [-0.25, -0.2) is 0 Å². The molecule has 2 atom stereocenters. The number of furan rings is 1. The van der Waals surface area contributed by atoms with Gasteiger partial charge in [0.15, 0.2) is 0 Å². The van der Waals surface area contributed by atoms with Crippen molar-refractivity contribution in [2.45, 2.75) is 32.4 Å². The normalized spacial score (nSPS) is 22.1. The Labute approximate surface area is 107 Å². The molecule has 0 spiro atoms. The maximum absolute atomic E-state index is 5.83. The number of pyridine rings is 1. The third-order valence-electron chi connectivity index (χ3n) is 3.49. The van der Waals surface area contributed by atoms with E-state index in [-0.39, 0.29) is 0 Å². The molecule has 3 rings (SSSR count). The predicted molar refractivity (Wildman–Crippen MR) is 70.0 cm³/mol. The molecule has 1 aliphatic rings. The fraction of sp³-hybridized carbons (Fsp3) is 0.400. The van der Waals surface area contributed by atoms with Gasteiger partial charge in [0.1, 0.15) is 11.5 Å². The molecule has 0 aliphatic heterocycles. The number of nitrogens with one attached hydrogen (secondary N) is 1. The summed E-state index contributed by atoms with van der Waals surface area (Å²) < 4.78 is 5.83. The summed E-state index contributed by atoms with van der Waals surface area (Å²) in [6, 6.07) is 10.1. The molecular formula is C15H18N2O. The van der Waals surface area contributed by atoms with Crippen molar-refractivity contribution >= 4 is 0 Å². The molecule has 1 aliphatic carbocycles. The van der Waals surface area contributed by atoms with Crippen LogP contribution in [-0.2, 0) is 13.1 Å². The molecule has 0 amide bonds. The summed E-state index contributed by atoms with van der Waals surface area (Å²) in [4.78, 5) is 4.27. The first-order chi connectivity index (χ1) is 8.83. The number of nitrogens with zero attached hydrogens (tertiary/aromatic N) is 1. The monoisotopic (exact) mass is 242 g/mol. The second-order valence-corrected chi connectivity index (χ2v) is 5.05. The number of rotatable bonds is 5. The summed E-state index contributed by atoms with van der Waals surface area (Å²) in [6.07, 6.45) is 3.09. The third kappa shape index (κ3) is 2.62. The van der Waals surface area contributed by atoms with Crippen molar-refractivity contribution in [1.29, 1.82) is 0 Å². The SMILES string of the molecule is C[C@@H]1C[C@@H]1c1ccc(CNCc2ccccn2)o1. The minimum atomic E-state index is 0.662. The first kappa shape index (κ1) is 11.5. The van der Waals surface area contributed by atoms with E-state index in [9.17, 15) is 0 Å². The van der Waals surface area contributed by atoms with Crippen molar-refractivity contribution in [2.24, 2.45) is 5.92 Å². The van der Waals surface area contributed by atoms with Crippen molar-refractivity contribution < 1.29 is 4.42 Å². The highest BCUT2D eigenvalue weighted by Crippen LogP contribution is 2.47. The predicted octanol–water partition coefficient (Wildman–Crippen LogP) is 3.09. The molecule has 0 saturated heterocycles. The Morgan fingerprint density at radius 2 is 2.17 bits per heavy atom. The Bertz CT molecular complexity index is 506. The molecule has 2 aromatic rings. The van der Waals surface area contributed by atoms with Gasteiger partial charge in [-0.15, -0.1) is 0 Å². The van der Waals surface area contributed by atoms with Gasteiger partial charge < -0.3 is 9.73 Å². The maximum Gasteiger partial charge on any atom is 0.117 e. The molecule has 2 heterocycles. The van der Waals surface area contributed by atoms with Crippen LogP contribution in [-0.4, -0.2) is 4.98 Å². The molecule has 0 aromatic carbocycles. The topological polar surface area (TPSA) is 38.1 Å². The van der Waals surface area contributed by atoms with Crippen LogP contribution in [0.3, 0.4) is 0 Å². The molecule has 2 aromatic heterocycles. The van der Waals surface area contributed by atoms with Gasteiger partial charge in [-0.2, -0.15) is 0 Å². The fourth-order valence-electron chi connectivity index (χ4n) is 2.22. The lowest BCUT2D eigenvalue weighted by molar-refractivity contribution is 0.443. The number of hydrogen-bond acceptors (Lipinski definition) is 3. The highest BCUT2D eigenvalue weighted by atomic mass is 16.3. The Morgan fingerprint density at radius 1 is 1.28 bits per heavy atom. The molecule has 18 heavy (non-hydrogen) atoms. The van der Waals surface area contributed by atoms with Gasteiger partial charge in [-0.3, -0.25) is 4.98 Å². The second kappa shape index (κ2) is 4.94. The third-order valence-corrected chi connectivity index (χ3v) is 3.49. The summed E-state index contributed by atoms with van der Waals surface area (Å²) >= 11 is 0. The Balaban J connectivity index is 1.50. The zero-order valence-electron chi connectivity index (χ0n) is 10.6. The van der Waals surface area contributed by atoms with Gasteiger partial charge in [0.2, 0.25) is 0 Å². The van der Waals surface area contributed by atoms with E-state index in [1.165, 1.54) is 6.42 Å². The molecule has 1 saturated carbocycles. The van der Waals surface area contributed by atoms with E-state index in [1.807, 2.05) is 24.4 Å². The summed E-state index contributed by atoms with van der Waals surface area (Å²) in [6.45, 7) is 3.81. The van der Waals surface area contributed by atoms with Crippen LogP contribution >= 0.6 is 0 Å². The maximum atomic E-state index is 5.83. The van der Waals surface area contributed by atoms with Gasteiger partial charge >= 0.3 is 0 Å². The quantitative estimate of drug-likeness (QED) is 0.875. The zero-order valence-corrected chi connectivity index (χ0v) is 10.6. The number of aromatic nitrogens is 1. The van der Waals surface area contributed by atoms with Crippen molar-refractivity contribution in [3.8, 4) is 0 Å².